The van der Waals surface area contributed by atoms with Crippen molar-refractivity contribution in [1.29, 1.82) is 0 Å². The van der Waals surface area contributed by atoms with E-state index in [1.165, 1.54) is 53.0 Å². The maximum Gasteiger partial charge on any atom is 0.157 e. The topological polar surface area (TPSA) is 33.4 Å². The van der Waals surface area contributed by atoms with Crippen molar-refractivity contribution in [2.24, 2.45) is 5.92 Å². The predicted octanol–water partition coefficient (Wildman–Crippen LogP) is 6.80. The van der Waals surface area contributed by atoms with Crippen molar-refractivity contribution in [3.63, 3.8) is 0 Å². The summed E-state index contributed by atoms with van der Waals surface area (Å²) >= 11 is 0. The zero-order chi connectivity index (χ0) is 22.3. The Morgan fingerprint density at radius 2 is 1.81 bits per heavy atom. The third kappa shape index (κ3) is 3.97. The fraction of sp³-hybridized carbons (Fsp3) is 0.556. The Morgan fingerprint density at radius 3 is 2.52 bits per heavy atom. The normalized spacial score (nSPS) is 16.4. The summed E-state index contributed by atoms with van der Waals surface area (Å²) in [5.74, 6) is 2.02. The molecule has 1 aliphatic rings. The summed E-state index contributed by atoms with van der Waals surface area (Å²) in [7, 11) is 0. The molecule has 0 bridgehead atoms. The molecule has 0 saturated carbocycles. The molecule has 4 rings (SSSR count). The van der Waals surface area contributed by atoms with Crippen molar-refractivity contribution in [1.82, 2.24) is 14.6 Å². The number of hydrogen-bond acceptors (Lipinski definition) is 3. The maximum absolute atomic E-state index is 4.88. The zero-order valence-corrected chi connectivity index (χ0v) is 20.4. The van der Waals surface area contributed by atoms with E-state index in [9.17, 15) is 0 Å². The van der Waals surface area contributed by atoms with Gasteiger partial charge in [0.25, 0.3) is 0 Å². The van der Waals surface area contributed by atoms with Gasteiger partial charge in [0.05, 0.1) is 5.69 Å². The van der Waals surface area contributed by atoms with Gasteiger partial charge in [0, 0.05) is 29.1 Å². The Hall–Kier alpha value is -2.36. The summed E-state index contributed by atoms with van der Waals surface area (Å²) in [5, 5.41) is 4.87. The van der Waals surface area contributed by atoms with Gasteiger partial charge in [-0.3, -0.25) is 0 Å². The minimum absolute atomic E-state index is 0.426. The molecular formula is C27H38N4. The standard InChI is InChI=1S/C27H38N4/c1-8-22(9-2)11-12-23-15-17(3)14-18(4)26(23)30-20(6)10-13-24-21(7)28-25-16-19(5)29-31(25)27(24)30/h14-16,20,22H,8-13H2,1-7H3. The van der Waals surface area contributed by atoms with E-state index in [2.05, 4.69) is 76.1 Å². The Labute approximate surface area is 187 Å². The molecule has 0 spiro atoms. The quantitative estimate of drug-likeness (QED) is 0.441. The van der Waals surface area contributed by atoms with Gasteiger partial charge in [-0.1, -0.05) is 44.4 Å². The molecule has 3 aromatic rings. The van der Waals surface area contributed by atoms with E-state index in [0.717, 1.165) is 42.2 Å². The van der Waals surface area contributed by atoms with Gasteiger partial charge in [0.15, 0.2) is 5.65 Å². The van der Waals surface area contributed by atoms with Gasteiger partial charge in [-0.2, -0.15) is 9.61 Å². The van der Waals surface area contributed by atoms with Crippen molar-refractivity contribution in [3.05, 3.63) is 51.8 Å². The van der Waals surface area contributed by atoms with Crippen molar-refractivity contribution < 1.29 is 0 Å². The number of aryl methyl sites for hydroxylation is 5. The highest BCUT2D eigenvalue weighted by atomic mass is 15.4. The van der Waals surface area contributed by atoms with E-state index >= 15 is 0 Å². The second-order valence-electron chi connectivity index (χ2n) is 9.62. The maximum atomic E-state index is 4.88. The van der Waals surface area contributed by atoms with Crippen LogP contribution in [0, 0.1) is 33.6 Å². The molecule has 4 heteroatoms. The van der Waals surface area contributed by atoms with Gasteiger partial charge in [-0.05, 0) is 77.3 Å². The summed E-state index contributed by atoms with van der Waals surface area (Å²) in [6.07, 6.45) is 7.11. The van der Waals surface area contributed by atoms with Gasteiger partial charge >= 0.3 is 0 Å². The highest BCUT2D eigenvalue weighted by Gasteiger charge is 2.31. The highest BCUT2D eigenvalue weighted by Crippen LogP contribution is 2.42. The van der Waals surface area contributed by atoms with Crippen molar-refractivity contribution in [3.8, 4) is 0 Å². The smallest absolute Gasteiger partial charge is 0.157 e. The van der Waals surface area contributed by atoms with Gasteiger partial charge in [-0.15, -0.1) is 0 Å². The van der Waals surface area contributed by atoms with Crippen LogP contribution in [0.2, 0.25) is 0 Å². The van der Waals surface area contributed by atoms with Crippen LogP contribution < -0.4 is 4.90 Å². The Kier molecular flexibility index (Phi) is 6.09. The van der Waals surface area contributed by atoms with Gasteiger partial charge in [0.2, 0.25) is 0 Å². The highest BCUT2D eigenvalue weighted by molar-refractivity contribution is 5.74. The summed E-state index contributed by atoms with van der Waals surface area (Å²) < 4.78 is 2.09. The van der Waals surface area contributed by atoms with E-state index in [-0.39, 0.29) is 0 Å². The molecule has 1 unspecified atom stereocenters. The minimum Gasteiger partial charge on any atom is -0.323 e. The zero-order valence-electron chi connectivity index (χ0n) is 20.4. The minimum atomic E-state index is 0.426. The third-order valence-corrected chi connectivity index (χ3v) is 7.22. The van der Waals surface area contributed by atoms with Crippen molar-refractivity contribution >= 4 is 17.2 Å². The number of fused-ring (bicyclic) bond motifs is 3. The number of anilines is 2. The molecule has 4 nitrogen and oxygen atoms in total. The molecule has 0 fully saturated rings. The summed E-state index contributed by atoms with van der Waals surface area (Å²) in [6, 6.07) is 7.29. The first-order valence-electron chi connectivity index (χ1n) is 12.1. The number of rotatable bonds is 6. The second-order valence-corrected chi connectivity index (χ2v) is 9.62. The summed E-state index contributed by atoms with van der Waals surface area (Å²) in [5.41, 5.74) is 10.1. The van der Waals surface area contributed by atoms with Crippen LogP contribution in [0.1, 0.15) is 80.1 Å². The van der Waals surface area contributed by atoms with Gasteiger partial charge in [-0.25, -0.2) is 4.98 Å². The third-order valence-electron chi connectivity index (χ3n) is 7.22. The SMILES string of the molecule is CCC(CC)CCc1cc(C)cc(C)c1N1c2c(c(C)nc3cc(C)nn23)CCC1C. The first-order chi connectivity index (χ1) is 14.8. The first kappa shape index (κ1) is 21.9. The van der Waals surface area contributed by atoms with Crippen LogP contribution in [0.5, 0.6) is 0 Å². The number of benzene rings is 1. The van der Waals surface area contributed by atoms with Gasteiger partial charge < -0.3 is 4.90 Å². The second kappa shape index (κ2) is 8.64. The summed E-state index contributed by atoms with van der Waals surface area (Å²) in [6.45, 7) is 15.7. The average molecular weight is 419 g/mol. The number of hydrogen-bond donors (Lipinski definition) is 0. The molecule has 0 saturated heterocycles. The largest absolute Gasteiger partial charge is 0.323 e. The van der Waals surface area contributed by atoms with E-state index in [1.54, 1.807) is 0 Å². The van der Waals surface area contributed by atoms with Gasteiger partial charge in [0.1, 0.15) is 5.82 Å². The molecular weight excluding hydrogens is 380 g/mol. The van der Waals surface area contributed by atoms with Crippen molar-refractivity contribution in [2.75, 3.05) is 4.90 Å². The molecule has 166 valence electrons. The van der Waals surface area contributed by atoms with E-state index in [1.807, 2.05) is 0 Å². The molecule has 1 aromatic carbocycles. The molecule has 0 N–H and O–H groups in total. The molecule has 1 atom stereocenters. The lowest BCUT2D eigenvalue weighted by Gasteiger charge is -2.39. The molecule has 31 heavy (non-hydrogen) atoms. The average Bonchev–Trinajstić information content (AvgIpc) is 3.09. The Morgan fingerprint density at radius 1 is 1.06 bits per heavy atom. The van der Waals surface area contributed by atoms with Crippen LogP contribution >= 0.6 is 0 Å². The van der Waals surface area contributed by atoms with E-state index < -0.39 is 0 Å². The Bertz CT molecular complexity index is 1090. The van der Waals surface area contributed by atoms with Crippen LogP contribution in [-0.4, -0.2) is 20.6 Å². The molecule has 0 amide bonds. The molecule has 2 aromatic heterocycles. The first-order valence-corrected chi connectivity index (χ1v) is 12.1. The van der Waals surface area contributed by atoms with Crippen molar-refractivity contribution in [2.45, 2.75) is 93.0 Å². The molecule has 0 radical (unpaired) electrons. The van der Waals surface area contributed by atoms with E-state index in [0.29, 0.717) is 6.04 Å². The fourth-order valence-electron chi connectivity index (χ4n) is 5.45. The lowest BCUT2D eigenvalue weighted by molar-refractivity contribution is 0.456. The van der Waals surface area contributed by atoms with Crippen LogP contribution in [0.15, 0.2) is 18.2 Å². The summed E-state index contributed by atoms with van der Waals surface area (Å²) in [4.78, 5) is 7.46. The monoisotopic (exact) mass is 418 g/mol. The molecule has 3 heterocycles. The van der Waals surface area contributed by atoms with Crippen LogP contribution in [-0.2, 0) is 12.8 Å². The predicted molar refractivity (Wildman–Crippen MR) is 131 cm³/mol. The fourth-order valence-corrected chi connectivity index (χ4v) is 5.45. The van der Waals surface area contributed by atoms with E-state index in [4.69, 9.17) is 10.1 Å². The molecule has 1 aliphatic heterocycles. The van der Waals surface area contributed by atoms with Crippen LogP contribution in [0.3, 0.4) is 0 Å². The Balaban J connectivity index is 1.91. The number of aromatic nitrogens is 3. The molecule has 0 aliphatic carbocycles. The van der Waals surface area contributed by atoms with Crippen LogP contribution in [0.25, 0.3) is 5.65 Å². The van der Waals surface area contributed by atoms with Crippen LogP contribution in [0.4, 0.5) is 11.5 Å². The lowest BCUT2D eigenvalue weighted by atomic mass is 9.90. The number of nitrogens with zero attached hydrogens (tertiary/aromatic N) is 4. The lowest BCUT2D eigenvalue weighted by Crippen LogP contribution is -2.37.